The van der Waals surface area contributed by atoms with Gasteiger partial charge >= 0.3 is 5.97 Å². The molecule has 0 bridgehead atoms. The maximum absolute atomic E-state index is 12.9. The van der Waals surface area contributed by atoms with Crippen molar-refractivity contribution in [1.82, 2.24) is 9.55 Å². The van der Waals surface area contributed by atoms with E-state index >= 15 is 0 Å². The van der Waals surface area contributed by atoms with Gasteiger partial charge in [0, 0.05) is 15.0 Å². The third-order valence-electron chi connectivity index (χ3n) is 4.26. The second-order valence-corrected chi connectivity index (χ2v) is 8.37. The van der Waals surface area contributed by atoms with Crippen LogP contribution in [0, 0.1) is 0 Å². The van der Waals surface area contributed by atoms with Crippen molar-refractivity contribution in [2.45, 2.75) is 32.9 Å². The Morgan fingerprint density at radius 2 is 2.19 bits per heavy atom. The number of rotatable bonds is 3. The van der Waals surface area contributed by atoms with Gasteiger partial charge in [-0.1, -0.05) is 22.0 Å². The van der Waals surface area contributed by atoms with Crippen LogP contribution < -0.4 is 5.32 Å². The molecular weight excluding hydrogens is 414 g/mol. The quantitative estimate of drug-likeness (QED) is 0.585. The maximum atomic E-state index is 12.9. The number of halogens is 1. The van der Waals surface area contributed by atoms with E-state index in [1.807, 2.05) is 56.5 Å². The lowest BCUT2D eigenvalue weighted by Crippen LogP contribution is -2.29. The molecule has 0 spiro atoms. The first-order valence-electron chi connectivity index (χ1n) is 8.35. The zero-order valence-electron chi connectivity index (χ0n) is 14.6. The minimum absolute atomic E-state index is 0.179. The molecule has 0 fully saturated rings. The number of esters is 1. The molecule has 26 heavy (non-hydrogen) atoms. The van der Waals surface area contributed by atoms with E-state index in [0.717, 1.165) is 32.0 Å². The van der Waals surface area contributed by atoms with Crippen molar-refractivity contribution in [3.05, 3.63) is 56.3 Å². The molecule has 3 aromatic rings. The summed E-state index contributed by atoms with van der Waals surface area (Å²) in [6, 6.07) is 9.74. The monoisotopic (exact) mass is 431 g/mol. The first-order valence-corrected chi connectivity index (χ1v) is 10.0. The molecule has 2 aromatic heterocycles. The van der Waals surface area contributed by atoms with Crippen molar-refractivity contribution < 1.29 is 9.53 Å². The number of fused-ring (bicyclic) bond motifs is 3. The van der Waals surface area contributed by atoms with Gasteiger partial charge in [-0.05, 0) is 50.4 Å². The summed E-state index contributed by atoms with van der Waals surface area (Å²) < 4.78 is 8.59. The Morgan fingerprint density at radius 3 is 2.88 bits per heavy atom. The van der Waals surface area contributed by atoms with Crippen molar-refractivity contribution >= 4 is 50.2 Å². The van der Waals surface area contributed by atoms with Crippen LogP contribution in [0.1, 0.15) is 31.7 Å². The summed E-state index contributed by atoms with van der Waals surface area (Å²) in [5.74, 6) is 0.431. The molecule has 0 radical (unpaired) electrons. The van der Waals surface area contributed by atoms with Crippen LogP contribution >= 0.6 is 27.3 Å². The number of hydrogen-bond donors (Lipinski definition) is 1. The SMILES string of the molecule is CC1=C(C(=O)OC(C)C)C(c2cccs2)n2c(nc3ccc(Br)cc32)N1. The number of allylic oxidation sites excluding steroid dienone is 1. The molecule has 7 heteroatoms. The molecule has 1 atom stereocenters. The van der Waals surface area contributed by atoms with Crippen molar-refractivity contribution in [3.63, 3.8) is 0 Å². The van der Waals surface area contributed by atoms with Gasteiger partial charge in [-0.15, -0.1) is 11.3 Å². The molecular formula is C19H18BrN3O2S. The maximum Gasteiger partial charge on any atom is 0.338 e. The highest BCUT2D eigenvalue weighted by Gasteiger charge is 2.35. The lowest BCUT2D eigenvalue weighted by atomic mass is 10.0. The highest BCUT2D eigenvalue weighted by Crippen LogP contribution is 2.41. The Kier molecular flexibility index (Phi) is 4.36. The molecule has 3 heterocycles. The molecule has 0 aliphatic carbocycles. The summed E-state index contributed by atoms with van der Waals surface area (Å²) in [6.45, 7) is 5.62. The number of nitrogens with one attached hydrogen (secondary N) is 1. The summed E-state index contributed by atoms with van der Waals surface area (Å²) in [4.78, 5) is 18.7. The van der Waals surface area contributed by atoms with E-state index in [9.17, 15) is 4.79 Å². The fourth-order valence-corrected chi connectivity index (χ4v) is 4.42. The van der Waals surface area contributed by atoms with Crippen molar-refractivity contribution in [2.24, 2.45) is 0 Å². The summed E-state index contributed by atoms with van der Waals surface area (Å²) in [7, 11) is 0. The van der Waals surface area contributed by atoms with Crippen LogP contribution in [-0.2, 0) is 9.53 Å². The van der Waals surface area contributed by atoms with Crippen molar-refractivity contribution in [3.8, 4) is 0 Å². The first-order chi connectivity index (χ1) is 12.5. The Morgan fingerprint density at radius 1 is 1.38 bits per heavy atom. The van der Waals surface area contributed by atoms with Gasteiger partial charge in [-0.3, -0.25) is 4.57 Å². The van der Waals surface area contributed by atoms with Crippen LogP contribution in [0.4, 0.5) is 5.95 Å². The molecule has 134 valence electrons. The van der Waals surface area contributed by atoms with Gasteiger partial charge in [0.25, 0.3) is 0 Å². The molecule has 1 aliphatic rings. The van der Waals surface area contributed by atoms with E-state index in [2.05, 4.69) is 25.8 Å². The molecule has 1 aliphatic heterocycles. The topological polar surface area (TPSA) is 56.2 Å². The Labute approximate surface area is 163 Å². The molecule has 4 rings (SSSR count). The highest BCUT2D eigenvalue weighted by molar-refractivity contribution is 9.10. The summed E-state index contributed by atoms with van der Waals surface area (Å²) in [5.41, 5.74) is 3.23. The number of carbonyl (C=O) groups excluding carboxylic acids is 1. The van der Waals surface area contributed by atoms with Gasteiger partial charge in [0.2, 0.25) is 5.95 Å². The molecule has 1 aromatic carbocycles. The van der Waals surface area contributed by atoms with E-state index in [0.29, 0.717) is 5.57 Å². The minimum atomic E-state index is -0.300. The molecule has 1 N–H and O–H groups in total. The van der Waals surface area contributed by atoms with E-state index in [1.54, 1.807) is 11.3 Å². The van der Waals surface area contributed by atoms with Gasteiger partial charge in [-0.2, -0.15) is 0 Å². The molecule has 5 nitrogen and oxygen atoms in total. The number of anilines is 1. The van der Waals surface area contributed by atoms with Gasteiger partial charge in [0.05, 0.1) is 22.7 Å². The van der Waals surface area contributed by atoms with E-state index in [-0.39, 0.29) is 18.1 Å². The summed E-state index contributed by atoms with van der Waals surface area (Å²) >= 11 is 5.16. The number of carbonyl (C=O) groups is 1. The Hall–Kier alpha value is -2.12. The van der Waals surface area contributed by atoms with Crippen molar-refractivity contribution in [1.29, 1.82) is 0 Å². The van der Waals surface area contributed by atoms with Crippen molar-refractivity contribution in [2.75, 3.05) is 5.32 Å². The molecule has 0 saturated carbocycles. The minimum Gasteiger partial charge on any atom is -0.459 e. The average molecular weight is 432 g/mol. The molecule has 1 unspecified atom stereocenters. The van der Waals surface area contributed by atoms with Gasteiger partial charge in [-0.25, -0.2) is 9.78 Å². The highest BCUT2D eigenvalue weighted by atomic mass is 79.9. The van der Waals surface area contributed by atoms with Gasteiger partial charge < -0.3 is 10.1 Å². The number of ether oxygens (including phenoxy) is 1. The predicted molar refractivity (Wildman–Crippen MR) is 107 cm³/mol. The lowest BCUT2D eigenvalue weighted by Gasteiger charge is -2.29. The Bertz CT molecular complexity index is 1020. The fourth-order valence-electron chi connectivity index (χ4n) is 3.24. The number of benzene rings is 1. The normalized spacial score (nSPS) is 16.7. The standard InChI is InChI=1S/C19H18BrN3O2S/c1-10(2)25-18(24)16-11(3)21-19-22-13-7-6-12(20)9-14(13)23(19)17(16)15-5-4-8-26-15/h4-10,17H,1-3H3,(H,21,22). The lowest BCUT2D eigenvalue weighted by molar-refractivity contribution is -0.143. The molecule has 0 saturated heterocycles. The van der Waals surface area contributed by atoms with Crippen LogP contribution in [-0.4, -0.2) is 21.6 Å². The van der Waals surface area contributed by atoms with Crippen LogP contribution in [0.15, 0.2) is 51.5 Å². The summed E-state index contributed by atoms with van der Waals surface area (Å²) in [6.07, 6.45) is -0.179. The largest absolute Gasteiger partial charge is 0.459 e. The van der Waals surface area contributed by atoms with Gasteiger partial charge in [0.1, 0.15) is 6.04 Å². The zero-order chi connectivity index (χ0) is 18.4. The van der Waals surface area contributed by atoms with E-state index in [4.69, 9.17) is 9.72 Å². The fraction of sp³-hybridized carbons (Fsp3) is 0.263. The van der Waals surface area contributed by atoms with E-state index in [1.165, 1.54) is 0 Å². The average Bonchev–Trinajstić information content (AvgIpc) is 3.20. The number of aromatic nitrogens is 2. The first kappa shape index (κ1) is 17.3. The van der Waals surface area contributed by atoms with Crippen LogP contribution in [0.3, 0.4) is 0 Å². The second-order valence-electron chi connectivity index (χ2n) is 6.47. The summed E-state index contributed by atoms with van der Waals surface area (Å²) in [5, 5.41) is 5.31. The Balaban J connectivity index is 1.95. The number of hydrogen-bond acceptors (Lipinski definition) is 5. The smallest absolute Gasteiger partial charge is 0.338 e. The second kappa shape index (κ2) is 6.55. The number of thiophene rings is 1. The third-order valence-corrected chi connectivity index (χ3v) is 5.68. The van der Waals surface area contributed by atoms with Crippen LogP contribution in [0.2, 0.25) is 0 Å². The molecule has 0 amide bonds. The third kappa shape index (κ3) is 2.85. The van der Waals surface area contributed by atoms with Gasteiger partial charge in [0.15, 0.2) is 0 Å². The van der Waals surface area contributed by atoms with Crippen LogP contribution in [0.25, 0.3) is 11.0 Å². The van der Waals surface area contributed by atoms with E-state index < -0.39 is 0 Å². The predicted octanol–water partition coefficient (Wildman–Crippen LogP) is 5.10. The zero-order valence-corrected chi connectivity index (χ0v) is 17.0. The number of imidazole rings is 1. The number of nitrogens with zero attached hydrogens (tertiary/aromatic N) is 2. The van der Waals surface area contributed by atoms with Crippen LogP contribution in [0.5, 0.6) is 0 Å².